The van der Waals surface area contributed by atoms with Crippen LogP contribution in [0.2, 0.25) is 0 Å². The number of Topliss-reactive ketones (excluding diaryl/α,β-unsaturated/α-hetero) is 2. The van der Waals surface area contributed by atoms with Crippen molar-refractivity contribution in [3.63, 3.8) is 0 Å². The summed E-state index contributed by atoms with van der Waals surface area (Å²) in [6, 6.07) is 11.4. The molecule has 1 aliphatic carbocycles. The van der Waals surface area contributed by atoms with Crippen molar-refractivity contribution in [1.82, 2.24) is 0 Å². The molecule has 0 heterocycles. The predicted molar refractivity (Wildman–Crippen MR) is 152 cm³/mol. The number of ketones is 2. The van der Waals surface area contributed by atoms with Crippen LogP contribution in [-0.2, 0) is 23.7 Å². The minimum atomic E-state index is -0.379. The summed E-state index contributed by atoms with van der Waals surface area (Å²) in [4.78, 5) is 37.6. The molecular formula is C32H42O8. The van der Waals surface area contributed by atoms with Crippen molar-refractivity contribution in [2.45, 2.75) is 64.4 Å². The molecule has 2 aromatic rings. The predicted octanol–water partition coefficient (Wildman–Crippen LogP) is 5.13. The highest BCUT2D eigenvalue weighted by Gasteiger charge is 2.31. The van der Waals surface area contributed by atoms with Crippen molar-refractivity contribution in [3.05, 3.63) is 58.7 Å². The van der Waals surface area contributed by atoms with Crippen LogP contribution in [0.4, 0.5) is 0 Å². The van der Waals surface area contributed by atoms with E-state index in [0.717, 1.165) is 28.7 Å². The topological polar surface area (TPSA) is 108 Å². The lowest BCUT2D eigenvalue weighted by molar-refractivity contribution is -0.141. The summed E-state index contributed by atoms with van der Waals surface area (Å²) in [7, 11) is 1.66. The zero-order valence-corrected chi connectivity index (χ0v) is 23.9. The SMILES string of the molecule is COCCCOCCCC(=O)c1ccc2c(c1)C(COC(C)=O)c1cc(C(=O)CCCOC(C)CCO)ccc1-2. The van der Waals surface area contributed by atoms with Gasteiger partial charge in [0.05, 0.1) is 6.10 Å². The summed E-state index contributed by atoms with van der Waals surface area (Å²) in [5.41, 5.74) is 5.02. The van der Waals surface area contributed by atoms with E-state index in [1.807, 2.05) is 43.3 Å². The molecule has 0 aromatic heterocycles. The van der Waals surface area contributed by atoms with Crippen LogP contribution < -0.4 is 0 Å². The van der Waals surface area contributed by atoms with Gasteiger partial charge in [-0.3, -0.25) is 14.4 Å². The van der Waals surface area contributed by atoms with Gasteiger partial charge in [0.1, 0.15) is 6.61 Å². The Balaban J connectivity index is 1.69. The first-order valence-corrected chi connectivity index (χ1v) is 14.1. The molecule has 218 valence electrons. The lowest BCUT2D eigenvalue weighted by Gasteiger charge is -2.15. The van der Waals surface area contributed by atoms with Crippen molar-refractivity contribution in [2.24, 2.45) is 0 Å². The number of ether oxygens (including phenoxy) is 4. The number of fused-ring (bicyclic) bond motifs is 3. The first-order chi connectivity index (χ1) is 19.3. The number of rotatable bonds is 19. The molecule has 2 atom stereocenters. The van der Waals surface area contributed by atoms with Gasteiger partial charge in [0.15, 0.2) is 11.6 Å². The molecule has 0 amide bonds. The molecule has 8 nitrogen and oxygen atoms in total. The van der Waals surface area contributed by atoms with E-state index < -0.39 is 0 Å². The molecular weight excluding hydrogens is 512 g/mol. The van der Waals surface area contributed by atoms with Crippen LogP contribution in [0.3, 0.4) is 0 Å². The van der Waals surface area contributed by atoms with Gasteiger partial charge < -0.3 is 24.1 Å². The zero-order valence-electron chi connectivity index (χ0n) is 23.9. The van der Waals surface area contributed by atoms with Gasteiger partial charge in [-0.1, -0.05) is 24.3 Å². The fourth-order valence-corrected chi connectivity index (χ4v) is 4.90. The monoisotopic (exact) mass is 554 g/mol. The average molecular weight is 555 g/mol. The van der Waals surface area contributed by atoms with E-state index in [4.69, 9.17) is 24.1 Å². The van der Waals surface area contributed by atoms with Crippen LogP contribution in [-0.4, -0.2) is 75.5 Å². The van der Waals surface area contributed by atoms with E-state index >= 15 is 0 Å². The second-order valence-corrected chi connectivity index (χ2v) is 10.2. The maximum Gasteiger partial charge on any atom is 0.302 e. The Bertz CT molecular complexity index is 1140. The third kappa shape index (κ3) is 9.06. The third-order valence-corrected chi connectivity index (χ3v) is 7.06. The van der Waals surface area contributed by atoms with Crippen molar-refractivity contribution < 1.29 is 38.4 Å². The number of carbonyl (C=O) groups is 3. The molecule has 0 radical (unpaired) electrons. The maximum absolute atomic E-state index is 13.0. The number of esters is 1. The molecule has 40 heavy (non-hydrogen) atoms. The van der Waals surface area contributed by atoms with Gasteiger partial charge >= 0.3 is 5.97 Å². The smallest absolute Gasteiger partial charge is 0.302 e. The van der Waals surface area contributed by atoms with Crippen molar-refractivity contribution in [1.29, 1.82) is 0 Å². The Morgan fingerprint density at radius 1 is 0.850 bits per heavy atom. The van der Waals surface area contributed by atoms with Crippen LogP contribution in [0.15, 0.2) is 36.4 Å². The fourth-order valence-electron chi connectivity index (χ4n) is 4.90. The molecule has 2 aromatic carbocycles. The Morgan fingerprint density at radius 2 is 1.43 bits per heavy atom. The highest BCUT2D eigenvalue weighted by Crippen LogP contribution is 2.46. The van der Waals surface area contributed by atoms with Gasteiger partial charge in [-0.15, -0.1) is 0 Å². The molecule has 2 unspecified atom stereocenters. The zero-order chi connectivity index (χ0) is 28.9. The molecule has 0 saturated heterocycles. The van der Waals surface area contributed by atoms with Gasteiger partial charge in [-0.2, -0.15) is 0 Å². The lowest BCUT2D eigenvalue weighted by Crippen LogP contribution is -2.12. The standard InChI is InChI=1S/C32H42O8/c1-22(13-14-33)39-18-5-8-32(36)25-10-12-27-26-11-9-24(31(35)7-4-16-38-17-6-15-37-3)19-28(26)30(29(27)20-25)21-40-23(2)34/h9-12,19-20,22,30,33H,4-8,13-18,21H2,1-3H3. The normalized spacial score (nSPS) is 14.4. The Morgan fingerprint density at radius 3 is 1.98 bits per heavy atom. The number of methoxy groups -OCH3 is 1. The molecule has 1 aliphatic rings. The number of aliphatic hydroxyl groups excluding tert-OH is 1. The van der Waals surface area contributed by atoms with Crippen LogP contribution in [0.25, 0.3) is 11.1 Å². The molecule has 0 spiro atoms. The Kier molecular flexibility index (Phi) is 12.9. The summed E-state index contributed by atoms with van der Waals surface area (Å²) in [5, 5.41) is 8.99. The largest absolute Gasteiger partial charge is 0.465 e. The third-order valence-electron chi connectivity index (χ3n) is 7.06. The van der Waals surface area contributed by atoms with Crippen molar-refractivity contribution >= 4 is 17.5 Å². The highest BCUT2D eigenvalue weighted by atomic mass is 16.5. The second kappa shape index (κ2) is 16.4. The maximum atomic E-state index is 13.0. The summed E-state index contributed by atoms with van der Waals surface area (Å²) >= 11 is 0. The van der Waals surface area contributed by atoms with Gasteiger partial charge in [-0.25, -0.2) is 0 Å². The van der Waals surface area contributed by atoms with E-state index in [1.165, 1.54) is 6.92 Å². The van der Waals surface area contributed by atoms with E-state index in [9.17, 15) is 14.4 Å². The van der Waals surface area contributed by atoms with Gasteiger partial charge in [0.2, 0.25) is 0 Å². The van der Waals surface area contributed by atoms with E-state index in [1.54, 1.807) is 7.11 Å². The fraction of sp³-hybridized carbons (Fsp3) is 0.531. The van der Waals surface area contributed by atoms with Crippen LogP contribution >= 0.6 is 0 Å². The minimum Gasteiger partial charge on any atom is -0.465 e. The number of hydrogen-bond acceptors (Lipinski definition) is 8. The van der Waals surface area contributed by atoms with Crippen LogP contribution in [0, 0.1) is 0 Å². The van der Waals surface area contributed by atoms with Crippen LogP contribution in [0.5, 0.6) is 0 Å². The van der Waals surface area contributed by atoms with E-state index in [-0.39, 0.29) is 42.8 Å². The minimum absolute atomic E-state index is 0.0173. The van der Waals surface area contributed by atoms with E-state index in [0.29, 0.717) is 69.7 Å². The summed E-state index contributed by atoms with van der Waals surface area (Å²) < 4.78 is 21.6. The summed E-state index contributed by atoms with van der Waals surface area (Å²) in [5.74, 6) is -0.586. The first kappa shape index (κ1) is 31.6. The first-order valence-electron chi connectivity index (χ1n) is 14.1. The molecule has 0 fully saturated rings. The number of carbonyl (C=O) groups excluding carboxylic acids is 3. The second-order valence-electron chi connectivity index (χ2n) is 10.2. The number of aliphatic hydroxyl groups is 1. The van der Waals surface area contributed by atoms with Crippen molar-refractivity contribution in [2.75, 3.05) is 46.8 Å². The van der Waals surface area contributed by atoms with Crippen LogP contribution in [0.1, 0.15) is 90.1 Å². The summed E-state index contributed by atoms with van der Waals surface area (Å²) in [6.07, 6.45) is 3.30. The molecule has 1 N–H and O–H groups in total. The number of benzene rings is 2. The molecule has 0 bridgehead atoms. The van der Waals surface area contributed by atoms with Gasteiger partial charge in [0.25, 0.3) is 0 Å². The molecule has 0 saturated carbocycles. The Hall–Kier alpha value is -2.91. The summed E-state index contributed by atoms with van der Waals surface area (Å²) in [6.45, 7) is 5.72. The van der Waals surface area contributed by atoms with Crippen molar-refractivity contribution in [3.8, 4) is 11.1 Å². The number of hydrogen-bond donors (Lipinski definition) is 1. The highest BCUT2D eigenvalue weighted by molar-refractivity contribution is 5.99. The molecule has 8 heteroatoms. The average Bonchev–Trinajstić information content (AvgIpc) is 3.25. The Labute approximate surface area is 237 Å². The quantitative estimate of drug-likeness (QED) is 0.145. The van der Waals surface area contributed by atoms with E-state index in [2.05, 4.69) is 0 Å². The molecule has 0 aliphatic heterocycles. The van der Waals surface area contributed by atoms with Gasteiger partial charge in [0, 0.05) is 77.0 Å². The van der Waals surface area contributed by atoms with Gasteiger partial charge in [-0.05, 0) is 67.0 Å². The molecule has 3 rings (SSSR count). The lowest BCUT2D eigenvalue weighted by atomic mass is 9.93.